The van der Waals surface area contributed by atoms with Crippen molar-refractivity contribution in [1.29, 1.82) is 0 Å². The molecule has 1 heterocycles. The Morgan fingerprint density at radius 1 is 1.38 bits per heavy atom. The summed E-state index contributed by atoms with van der Waals surface area (Å²) >= 11 is 0. The maximum absolute atomic E-state index is 4.05. The fourth-order valence-corrected chi connectivity index (χ4v) is 1.54. The van der Waals surface area contributed by atoms with Crippen molar-refractivity contribution in [2.75, 3.05) is 6.54 Å². The van der Waals surface area contributed by atoms with E-state index in [0.717, 1.165) is 31.4 Å². The van der Waals surface area contributed by atoms with Gasteiger partial charge in [-0.2, -0.15) is 0 Å². The highest BCUT2D eigenvalue weighted by atomic mass is 14.9. The van der Waals surface area contributed by atoms with Crippen molar-refractivity contribution >= 4 is 0 Å². The molecule has 3 heteroatoms. The van der Waals surface area contributed by atoms with Crippen LogP contribution in [0.1, 0.15) is 44.7 Å². The van der Waals surface area contributed by atoms with E-state index in [0.29, 0.717) is 6.04 Å². The van der Waals surface area contributed by atoms with Crippen LogP contribution >= 0.6 is 0 Å². The van der Waals surface area contributed by atoms with E-state index in [2.05, 4.69) is 34.0 Å². The summed E-state index contributed by atoms with van der Waals surface area (Å²) < 4.78 is 0. The second-order valence-electron chi connectivity index (χ2n) is 3.64. The Kier molecular flexibility index (Phi) is 6.20. The summed E-state index contributed by atoms with van der Waals surface area (Å²) in [5.74, 6) is 6.02. The zero-order valence-corrected chi connectivity index (χ0v) is 10.0. The predicted octanol–water partition coefficient (Wildman–Crippen LogP) is 2.32. The van der Waals surface area contributed by atoms with Crippen LogP contribution in [-0.2, 0) is 0 Å². The lowest BCUT2D eigenvalue weighted by atomic mass is 10.1. The number of hydrogen-bond donors (Lipinski definition) is 1. The number of aromatic nitrogens is 2. The molecule has 0 amide bonds. The molecule has 0 saturated carbocycles. The lowest BCUT2D eigenvalue weighted by Crippen LogP contribution is -2.22. The topological polar surface area (TPSA) is 37.8 Å². The molecular formula is C13H19N3. The molecule has 16 heavy (non-hydrogen) atoms. The van der Waals surface area contributed by atoms with E-state index >= 15 is 0 Å². The monoisotopic (exact) mass is 217 g/mol. The third kappa shape index (κ3) is 4.41. The highest BCUT2D eigenvalue weighted by molar-refractivity contribution is 5.10. The maximum Gasteiger partial charge on any atom is 0.115 e. The summed E-state index contributed by atoms with van der Waals surface area (Å²) in [6, 6.07) is 0.321. The van der Waals surface area contributed by atoms with Crippen LogP contribution in [0.25, 0.3) is 0 Å². The van der Waals surface area contributed by atoms with Gasteiger partial charge in [-0.15, -0.1) is 11.8 Å². The number of rotatable bonds is 6. The van der Waals surface area contributed by atoms with Crippen molar-refractivity contribution in [3.8, 4) is 11.8 Å². The third-order valence-corrected chi connectivity index (χ3v) is 2.36. The Labute approximate surface area is 97.7 Å². The first-order valence-electron chi connectivity index (χ1n) is 5.76. The van der Waals surface area contributed by atoms with E-state index in [9.17, 15) is 0 Å². The van der Waals surface area contributed by atoms with Crippen molar-refractivity contribution in [3.63, 3.8) is 0 Å². The summed E-state index contributed by atoms with van der Waals surface area (Å²) in [5.41, 5.74) is 1.15. The summed E-state index contributed by atoms with van der Waals surface area (Å²) in [4.78, 5) is 8.11. The van der Waals surface area contributed by atoms with Crippen LogP contribution in [0.5, 0.6) is 0 Å². The average molecular weight is 217 g/mol. The van der Waals surface area contributed by atoms with Gasteiger partial charge in [-0.05, 0) is 26.3 Å². The number of hydrogen-bond acceptors (Lipinski definition) is 3. The molecule has 0 radical (unpaired) electrons. The lowest BCUT2D eigenvalue weighted by Gasteiger charge is -2.16. The van der Waals surface area contributed by atoms with Crippen LogP contribution in [0.15, 0.2) is 18.7 Å². The van der Waals surface area contributed by atoms with Crippen LogP contribution in [0.2, 0.25) is 0 Å². The Morgan fingerprint density at radius 2 is 2.12 bits per heavy atom. The van der Waals surface area contributed by atoms with E-state index in [1.54, 1.807) is 6.33 Å². The largest absolute Gasteiger partial charge is 0.310 e. The quantitative estimate of drug-likeness (QED) is 0.743. The van der Waals surface area contributed by atoms with Gasteiger partial charge in [-0.1, -0.05) is 6.92 Å². The molecule has 0 aliphatic heterocycles. The number of nitrogens with zero attached hydrogens (tertiary/aromatic N) is 2. The molecule has 1 rings (SSSR count). The molecule has 3 nitrogen and oxygen atoms in total. The summed E-state index contributed by atoms with van der Waals surface area (Å²) in [6.07, 6.45) is 8.36. The molecule has 0 spiro atoms. The van der Waals surface area contributed by atoms with Crippen LogP contribution in [0.3, 0.4) is 0 Å². The first kappa shape index (κ1) is 12.7. The zero-order valence-electron chi connectivity index (χ0n) is 10.0. The van der Waals surface area contributed by atoms with Crippen LogP contribution < -0.4 is 5.32 Å². The minimum atomic E-state index is 0.321. The molecule has 0 aromatic carbocycles. The van der Waals surface area contributed by atoms with Gasteiger partial charge in [0.05, 0.1) is 0 Å². The fourth-order valence-electron chi connectivity index (χ4n) is 1.54. The van der Waals surface area contributed by atoms with E-state index in [1.165, 1.54) is 0 Å². The molecule has 0 saturated heterocycles. The van der Waals surface area contributed by atoms with Crippen molar-refractivity contribution in [2.24, 2.45) is 0 Å². The molecule has 0 bridgehead atoms. The predicted molar refractivity (Wildman–Crippen MR) is 65.8 cm³/mol. The molecule has 1 unspecified atom stereocenters. The highest BCUT2D eigenvalue weighted by Crippen LogP contribution is 2.16. The van der Waals surface area contributed by atoms with Gasteiger partial charge in [0.2, 0.25) is 0 Å². The Hall–Kier alpha value is -1.40. The Morgan fingerprint density at radius 3 is 2.75 bits per heavy atom. The first-order valence-corrected chi connectivity index (χ1v) is 5.76. The second kappa shape index (κ2) is 7.84. The molecule has 0 fully saturated rings. The molecule has 0 aliphatic carbocycles. The van der Waals surface area contributed by atoms with Crippen LogP contribution in [0, 0.1) is 11.8 Å². The summed E-state index contributed by atoms with van der Waals surface area (Å²) in [6.45, 7) is 5.05. The van der Waals surface area contributed by atoms with E-state index < -0.39 is 0 Å². The minimum absolute atomic E-state index is 0.321. The van der Waals surface area contributed by atoms with Gasteiger partial charge in [-0.3, -0.25) is 0 Å². The van der Waals surface area contributed by atoms with Crippen molar-refractivity contribution in [2.45, 2.75) is 39.2 Å². The van der Waals surface area contributed by atoms with Crippen molar-refractivity contribution in [3.05, 3.63) is 24.3 Å². The molecule has 1 atom stereocenters. The molecule has 1 aromatic heterocycles. The lowest BCUT2D eigenvalue weighted by molar-refractivity contribution is 0.503. The fraction of sp³-hybridized carbons (Fsp3) is 0.538. The van der Waals surface area contributed by atoms with E-state index in [1.807, 2.05) is 19.3 Å². The summed E-state index contributed by atoms with van der Waals surface area (Å²) in [5, 5.41) is 3.50. The third-order valence-electron chi connectivity index (χ3n) is 2.36. The van der Waals surface area contributed by atoms with E-state index in [-0.39, 0.29) is 0 Å². The van der Waals surface area contributed by atoms with Gasteiger partial charge in [0.15, 0.2) is 0 Å². The molecule has 1 N–H and O–H groups in total. The van der Waals surface area contributed by atoms with E-state index in [4.69, 9.17) is 0 Å². The molecule has 0 aliphatic rings. The summed E-state index contributed by atoms with van der Waals surface area (Å²) in [7, 11) is 0. The highest BCUT2D eigenvalue weighted by Gasteiger charge is 2.09. The number of nitrogens with one attached hydrogen (secondary N) is 1. The smallest absolute Gasteiger partial charge is 0.115 e. The Bertz CT molecular complexity index is 337. The maximum atomic E-state index is 4.05. The van der Waals surface area contributed by atoms with Gasteiger partial charge >= 0.3 is 0 Å². The van der Waals surface area contributed by atoms with Gasteiger partial charge in [0, 0.05) is 30.4 Å². The standard InChI is InChI=1S/C13H19N3/c1-3-5-6-7-13(16-8-4-2)12-9-14-11-15-10-12/h9-11,13,16H,4,6-8H2,1-2H3. The molecule has 86 valence electrons. The Balaban J connectivity index is 2.58. The van der Waals surface area contributed by atoms with Gasteiger partial charge in [0.25, 0.3) is 0 Å². The van der Waals surface area contributed by atoms with Crippen molar-refractivity contribution < 1.29 is 0 Å². The van der Waals surface area contributed by atoms with Gasteiger partial charge in [0.1, 0.15) is 6.33 Å². The normalized spacial score (nSPS) is 11.6. The van der Waals surface area contributed by atoms with Gasteiger partial charge < -0.3 is 5.32 Å². The SMILES string of the molecule is CC#CCCC(NCCC)c1cncnc1. The zero-order chi connectivity index (χ0) is 11.6. The van der Waals surface area contributed by atoms with Crippen molar-refractivity contribution in [1.82, 2.24) is 15.3 Å². The molecule has 1 aromatic rings. The van der Waals surface area contributed by atoms with Crippen LogP contribution in [-0.4, -0.2) is 16.5 Å². The average Bonchev–Trinajstić information content (AvgIpc) is 2.35. The van der Waals surface area contributed by atoms with Crippen LogP contribution in [0.4, 0.5) is 0 Å². The molecular weight excluding hydrogens is 198 g/mol. The minimum Gasteiger partial charge on any atom is -0.310 e. The second-order valence-corrected chi connectivity index (χ2v) is 3.64. The first-order chi connectivity index (χ1) is 7.88. The van der Waals surface area contributed by atoms with Gasteiger partial charge in [-0.25, -0.2) is 9.97 Å².